The number of allylic oxidation sites excluding steroid dienone is 1. The van der Waals surface area contributed by atoms with Gasteiger partial charge in [-0.2, -0.15) is 5.26 Å². The third-order valence-corrected chi connectivity index (χ3v) is 7.31. The molecule has 0 atom stereocenters. The molecule has 28 heavy (non-hydrogen) atoms. The van der Waals surface area contributed by atoms with Gasteiger partial charge in [0.15, 0.2) is 4.91 Å². The Morgan fingerprint density at radius 2 is 1.82 bits per heavy atom. The van der Waals surface area contributed by atoms with Gasteiger partial charge in [0.05, 0.1) is 10.6 Å². The first-order valence-corrected chi connectivity index (χ1v) is 11.4. The summed E-state index contributed by atoms with van der Waals surface area (Å²) in [6.07, 6.45) is 3.13. The van der Waals surface area contributed by atoms with E-state index in [0.717, 1.165) is 36.6 Å². The molecule has 2 aromatic rings. The van der Waals surface area contributed by atoms with Crippen molar-refractivity contribution in [3.05, 3.63) is 70.1 Å². The molecule has 0 aromatic heterocycles. The molecule has 1 fully saturated rings. The van der Waals surface area contributed by atoms with Crippen LogP contribution in [0, 0.1) is 11.3 Å². The molecule has 0 unspecified atom stereocenters. The SMILES string of the molecule is CCCCc1ccc(N2C(=O)CSC2=C(C#N)S(=O)(=O)c2ccccc2)cc1. The molecule has 0 spiro atoms. The second-order valence-electron chi connectivity index (χ2n) is 6.35. The number of hydrogen-bond donors (Lipinski definition) is 0. The van der Waals surface area contributed by atoms with Gasteiger partial charge in [0, 0.05) is 5.69 Å². The van der Waals surface area contributed by atoms with E-state index >= 15 is 0 Å². The van der Waals surface area contributed by atoms with Crippen molar-refractivity contribution >= 4 is 33.2 Å². The highest BCUT2D eigenvalue weighted by Crippen LogP contribution is 2.38. The maximum Gasteiger partial charge on any atom is 0.242 e. The van der Waals surface area contributed by atoms with Crippen LogP contribution in [-0.2, 0) is 21.1 Å². The summed E-state index contributed by atoms with van der Waals surface area (Å²) in [7, 11) is -4.02. The molecule has 3 rings (SSSR count). The number of hydrogen-bond acceptors (Lipinski definition) is 5. The third kappa shape index (κ3) is 3.98. The fourth-order valence-corrected chi connectivity index (χ4v) is 5.53. The Morgan fingerprint density at radius 1 is 1.14 bits per heavy atom. The lowest BCUT2D eigenvalue weighted by Crippen LogP contribution is -2.25. The lowest BCUT2D eigenvalue weighted by Gasteiger charge is -2.19. The van der Waals surface area contributed by atoms with E-state index in [-0.39, 0.29) is 21.6 Å². The van der Waals surface area contributed by atoms with Crippen LogP contribution in [0.1, 0.15) is 25.3 Å². The van der Waals surface area contributed by atoms with E-state index in [2.05, 4.69) is 6.92 Å². The summed E-state index contributed by atoms with van der Waals surface area (Å²) in [6.45, 7) is 2.13. The molecule has 2 aromatic carbocycles. The molecule has 1 heterocycles. The number of thioether (sulfide) groups is 1. The van der Waals surface area contributed by atoms with Crippen LogP contribution in [0.5, 0.6) is 0 Å². The van der Waals surface area contributed by atoms with Crippen LogP contribution in [0.2, 0.25) is 0 Å². The zero-order chi connectivity index (χ0) is 20.1. The van der Waals surface area contributed by atoms with Crippen LogP contribution >= 0.6 is 11.8 Å². The molecule has 144 valence electrons. The number of unbranched alkanes of at least 4 members (excludes halogenated alkanes) is 1. The number of carbonyl (C=O) groups excluding carboxylic acids is 1. The van der Waals surface area contributed by atoms with Gasteiger partial charge in [-0.05, 0) is 42.7 Å². The maximum absolute atomic E-state index is 13.0. The first-order chi connectivity index (χ1) is 13.5. The van der Waals surface area contributed by atoms with Crippen LogP contribution in [0.15, 0.2) is 69.4 Å². The molecule has 1 saturated heterocycles. The smallest absolute Gasteiger partial charge is 0.242 e. The molecule has 1 amide bonds. The summed E-state index contributed by atoms with van der Waals surface area (Å²) in [5.74, 6) is -0.139. The number of rotatable bonds is 6. The van der Waals surface area contributed by atoms with Crippen LogP contribution in [-0.4, -0.2) is 20.1 Å². The highest BCUT2D eigenvalue weighted by molar-refractivity contribution is 8.05. The van der Waals surface area contributed by atoms with Crippen molar-refractivity contribution in [2.24, 2.45) is 0 Å². The normalized spacial score (nSPS) is 16.1. The molecule has 1 aliphatic heterocycles. The molecule has 0 N–H and O–H groups in total. The number of anilines is 1. The summed E-state index contributed by atoms with van der Waals surface area (Å²) >= 11 is 1.08. The highest BCUT2D eigenvalue weighted by Gasteiger charge is 2.36. The van der Waals surface area contributed by atoms with Gasteiger partial charge in [0.2, 0.25) is 15.7 Å². The Morgan fingerprint density at radius 3 is 2.43 bits per heavy atom. The fraction of sp³-hybridized carbons (Fsp3) is 0.238. The second kappa shape index (κ2) is 8.63. The lowest BCUT2D eigenvalue weighted by molar-refractivity contribution is -0.115. The van der Waals surface area contributed by atoms with Crippen molar-refractivity contribution < 1.29 is 13.2 Å². The molecule has 1 aliphatic rings. The van der Waals surface area contributed by atoms with Crippen molar-refractivity contribution in [3.63, 3.8) is 0 Å². The molecule has 0 bridgehead atoms. The molecular formula is C21H20N2O3S2. The van der Waals surface area contributed by atoms with Crippen molar-refractivity contribution in [2.75, 3.05) is 10.7 Å². The molecule has 5 nitrogen and oxygen atoms in total. The van der Waals surface area contributed by atoms with Gasteiger partial charge < -0.3 is 0 Å². The van der Waals surface area contributed by atoms with E-state index in [1.165, 1.54) is 17.0 Å². The van der Waals surface area contributed by atoms with Crippen molar-refractivity contribution in [2.45, 2.75) is 31.1 Å². The number of nitrogens with zero attached hydrogens (tertiary/aromatic N) is 2. The zero-order valence-corrected chi connectivity index (χ0v) is 17.1. The fourth-order valence-electron chi connectivity index (χ4n) is 2.93. The number of benzene rings is 2. The van der Waals surface area contributed by atoms with Gasteiger partial charge in [-0.3, -0.25) is 9.69 Å². The van der Waals surface area contributed by atoms with Crippen LogP contribution in [0.25, 0.3) is 0 Å². The van der Waals surface area contributed by atoms with Gasteiger partial charge in [-0.1, -0.05) is 55.4 Å². The Kier molecular flexibility index (Phi) is 6.22. The number of aryl methyl sites for hydroxylation is 1. The van der Waals surface area contributed by atoms with E-state index in [4.69, 9.17) is 0 Å². The zero-order valence-electron chi connectivity index (χ0n) is 15.5. The van der Waals surface area contributed by atoms with E-state index in [1.807, 2.05) is 18.2 Å². The van der Waals surface area contributed by atoms with E-state index in [9.17, 15) is 18.5 Å². The van der Waals surface area contributed by atoms with Crippen molar-refractivity contribution in [3.8, 4) is 6.07 Å². The molecular weight excluding hydrogens is 392 g/mol. The van der Waals surface area contributed by atoms with Crippen LogP contribution in [0.4, 0.5) is 5.69 Å². The standard InChI is InChI=1S/C21H20N2O3S2/c1-2-3-7-16-10-12-17(13-11-16)23-20(24)15-27-21(23)19(14-22)28(25,26)18-8-5-4-6-9-18/h4-6,8-13H,2-3,7,15H2,1H3. The predicted molar refractivity (Wildman–Crippen MR) is 111 cm³/mol. The van der Waals surface area contributed by atoms with E-state index in [0.29, 0.717) is 5.69 Å². The van der Waals surface area contributed by atoms with Gasteiger partial charge in [-0.25, -0.2) is 8.42 Å². The van der Waals surface area contributed by atoms with Crippen LogP contribution in [0.3, 0.4) is 0 Å². The topological polar surface area (TPSA) is 78.2 Å². The van der Waals surface area contributed by atoms with Gasteiger partial charge in [0.25, 0.3) is 0 Å². The Labute approximate surface area is 169 Å². The number of sulfone groups is 1. The molecule has 7 heteroatoms. The van der Waals surface area contributed by atoms with Crippen LogP contribution < -0.4 is 4.90 Å². The minimum absolute atomic E-state index is 0.0360. The summed E-state index contributed by atoms with van der Waals surface area (Å²) < 4.78 is 25.9. The molecule has 0 saturated carbocycles. The maximum atomic E-state index is 13.0. The van der Waals surface area contributed by atoms with Gasteiger partial charge in [-0.15, -0.1) is 0 Å². The highest BCUT2D eigenvalue weighted by atomic mass is 32.2. The summed E-state index contributed by atoms with van der Waals surface area (Å²) in [5.41, 5.74) is 1.73. The average Bonchev–Trinajstić information content (AvgIpc) is 3.09. The monoisotopic (exact) mass is 412 g/mol. The van der Waals surface area contributed by atoms with Gasteiger partial charge >= 0.3 is 0 Å². The van der Waals surface area contributed by atoms with Gasteiger partial charge in [0.1, 0.15) is 11.1 Å². The first-order valence-electron chi connectivity index (χ1n) is 8.98. The van der Waals surface area contributed by atoms with E-state index in [1.54, 1.807) is 30.3 Å². The number of nitriles is 1. The Bertz CT molecular complexity index is 1040. The number of carbonyl (C=O) groups is 1. The summed E-state index contributed by atoms with van der Waals surface area (Å²) in [5, 5.41) is 9.80. The molecule has 0 aliphatic carbocycles. The largest absolute Gasteiger partial charge is 0.273 e. The first kappa shape index (κ1) is 20.2. The third-order valence-electron chi connectivity index (χ3n) is 4.42. The quantitative estimate of drug-likeness (QED) is 0.662. The minimum Gasteiger partial charge on any atom is -0.273 e. The van der Waals surface area contributed by atoms with E-state index < -0.39 is 14.7 Å². The molecule has 0 radical (unpaired) electrons. The van der Waals surface area contributed by atoms with Crippen molar-refractivity contribution in [1.82, 2.24) is 0 Å². The Balaban J connectivity index is 2.04. The lowest BCUT2D eigenvalue weighted by atomic mass is 10.1. The Hall–Kier alpha value is -2.56. The number of amides is 1. The second-order valence-corrected chi connectivity index (χ2v) is 9.20. The predicted octanol–water partition coefficient (Wildman–Crippen LogP) is 4.28. The minimum atomic E-state index is -4.02. The van der Waals surface area contributed by atoms with Crippen molar-refractivity contribution in [1.29, 1.82) is 5.26 Å². The summed E-state index contributed by atoms with van der Waals surface area (Å²) in [4.78, 5) is 13.5. The summed E-state index contributed by atoms with van der Waals surface area (Å²) in [6, 6.07) is 17.1. The average molecular weight is 413 g/mol.